The van der Waals surface area contributed by atoms with Gasteiger partial charge in [-0.2, -0.15) is 0 Å². The Labute approximate surface area is 563 Å². The van der Waals surface area contributed by atoms with Crippen LogP contribution in [-0.4, -0.2) is 0 Å². The second-order valence-corrected chi connectivity index (χ2v) is 23.8. The summed E-state index contributed by atoms with van der Waals surface area (Å²) in [4.78, 5) is 0. The van der Waals surface area contributed by atoms with Crippen LogP contribution in [-0.2, 0) is 0 Å². The minimum atomic E-state index is 0.610. The summed E-state index contributed by atoms with van der Waals surface area (Å²) >= 11 is 0. The fourth-order valence-corrected chi connectivity index (χ4v) is 14.1. The number of aryl methyl sites for hydroxylation is 1. The molecule has 96 heavy (non-hydrogen) atoms. The lowest BCUT2D eigenvalue weighted by Gasteiger charge is -2.22. The molecule has 0 spiro atoms. The Kier molecular flexibility index (Phi) is 15.7. The predicted octanol–water partition coefficient (Wildman–Crippen LogP) is 22.3. The molecule has 0 aliphatic heterocycles. The van der Waals surface area contributed by atoms with Crippen LogP contribution in [0.15, 0.2) is 255 Å². The Balaban J connectivity index is 1.07. The molecule has 14 aromatic carbocycles. The summed E-state index contributed by atoms with van der Waals surface area (Å²) in [7, 11) is 0. The van der Waals surface area contributed by atoms with E-state index in [4.69, 9.17) is 51.4 Å². The van der Waals surface area contributed by atoms with Crippen molar-refractivity contribution >= 4 is 32.3 Å². The molecule has 0 bridgehead atoms. The number of benzene rings is 14. The van der Waals surface area contributed by atoms with Gasteiger partial charge in [-0.25, -0.2) is 0 Å². The summed E-state index contributed by atoms with van der Waals surface area (Å²) in [6, 6.07) is 89.3. The highest BCUT2D eigenvalue weighted by Gasteiger charge is 2.25. The molecular weight excluding hydrogens is 1150 g/mol. The molecule has 0 saturated heterocycles. The number of rotatable bonds is 10. The third-order valence-electron chi connectivity index (χ3n) is 18.7. The van der Waals surface area contributed by atoms with Crippen molar-refractivity contribution in [2.24, 2.45) is 0 Å². The van der Waals surface area contributed by atoms with E-state index in [0.717, 1.165) is 144 Å². The normalized spacial score (nSPS) is 10.7. The molecule has 0 fully saturated rings. The van der Waals surface area contributed by atoms with Gasteiger partial charge in [0.15, 0.2) is 0 Å². The Hall–Kier alpha value is -13.7. The number of hydrogen-bond donors (Lipinski definition) is 0. The maximum absolute atomic E-state index is 6.47. The maximum Gasteiger partial charge on any atom is 0.0477 e. The Morgan fingerprint density at radius 2 is 0.521 bits per heavy atom. The quantitative estimate of drug-likeness (QED) is 0.0946. The van der Waals surface area contributed by atoms with Crippen LogP contribution in [0.3, 0.4) is 0 Å². The van der Waals surface area contributed by atoms with Crippen molar-refractivity contribution < 1.29 is 0 Å². The van der Waals surface area contributed by atoms with E-state index in [0.29, 0.717) is 44.5 Å². The summed E-state index contributed by atoms with van der Waals surface area (Å²) < 4.78 is 0. The van der Waals surface area contributed by atoms with Crippen LogP contribution in [0.5, 0.6) is 0 Å². The van der Waals surface area contributed by atoms with Crippen LogP contribution in [0.2, 0.25) is 0 Å². The van der Waals surface area contributed by atoms with Crippen LogP contribution >= 0.6 is 0 Å². The molecule has 0 saturated carbocycles. The zero-order valence-corrected chi connectivity index (χ0v) is 52.9. The second-order valence-electron chi connectivity index (χ2n) is 23.8. The zero-order chi connectivity index (χ0) is 66.1. The van der Waals surface area contributed by atoms with Gasteiger partial charge in [-0.05, 0) is 241 Å². The average molecular weight is 1210 g/mol. The van der Waals surface area contributed by atoms with Gasteiger partial charge >= 0.3 is 0 Å². The monoisotopic (exact) mass is 1210 g/mol. The van der Waals surface area contributed by atoms with E-state index in [1.807, 2.05) is 60.7 Å². The lowest BCUT2D eigenvalue weighted by atomic mass is 9.81. The van der Waals surface area contributed by atoms with Gasteiger partial charge in [0.25, 0.3) is 0 Å². The Morgan fingerprint density at radius 1 is 0.208 bits per heavy atom. The summed E-state index contributed by atoms with van der Waals surface area (Å²) in [5.41, 5.74) is 26.4. The first kappa shape index (κ1) is 59.9. The molecule has 0 unspecified atom stereocenters. The third kappa shape index (κ3) is 10.3. The van der Waals surface area contributed by atoms with E-state index < -0.39 is 0 Å². The molecule has 0 heterocycles. The lowest BCUT2D eigenvalue weighted by molar-refractivity contribution is 1.34. The number of fused-ring (bicyclic) bond motifs is 3. The standard InChI is InChI=1S/C96H56/c1-11-63-33-26-44-82(76(63)15-5)69-50-52-86(94(60-69)88-48-29-36-66(14-4)79(88)18-8)73-54-71(84-46-30-37-67-32-19-20-38-81(67)84)56-75(58-73)96-91-41-23-21-39-89(91)95(90-40-22-24-42-92(90)96)74-55-70(83-45-27-34-64(12-2)77(83)16-6)53-72(57-74)85-51-49-68(80-43-25-31-61(9)62(80)10)59-93(85)87-47-28-35-65(13-3)78(87)17-7/h1-8,19-60H,9-10H3. The summed E-state index contributed by atoms with van der Waals surface area (Å²) in [5, 5.41) is 6.41. The first-order valence-electron chi connectivity index (χ1n) is 31.4. The highest BCUT2D eigenvalue weighted by atomic mass is 14.3. The van der Waals surface area contributed by atoms with Crippen molar-refractivity contribution in [2.75, 3.05) is 0 Å². The molecular formula is C96H56. The lowest BCUT2D eigenvalue weighted by Crippen LogP contribution is -1.97. The number of terminal acetylenes is 8. The van der Waals surface area contributed by atoms with Crippen molar-refractivity contribution in [3.63, 3.8) is 0 Å². The van der Waals surface area contributed by atoms with Gasteiger partial charge in [-0.1, -0.05) is 229 Å². The van der Waals surface area contributed by atoms with E-state index in [-0.39, 0.29) is 0 Å². The molecule has 14 rings (SSSR count). The number of hydrogen-bond acceptors (Lipinski definition) is 0. The summed E-state index contributed by atoms with van der Waals surface area (Å²) in [6.07, 6.45) is 50.4. The van der Waals surface area contributed by atoms with Crippen molar-refractivity contribution in [2.45, 2.75) is 13.8 Å². The van der Waals surface area contributed by atoms with Crippen LogP contribution in [0, 0.1) is 113 Å². The van der Waals surface area contributed by atoms with Gasteiger partial charge in [0.1, 0.15) is 0 Å². The Bertz CT molecular complexity index is 5950. The fraction of sp³-hybridized carbons (Fsp3) is 0.0208. The second kappa shape index (κ2) is 25.2. The van der Waals surface area contributed by atoms with Gasteiger partial charge in [0.05, 0.1) is 0 Å². The largest absolute Gasteiger partial charge is 0.115 e. The van der Waals surface area contributed by atoms with E-state index in [9.17, 15) is 0 Å². The first-order chi connectivity index (χ1) is 47.1. The van der Waals surface area contributed by atoms with Crippen molar-refractivity contribution in [3.8, 4) is 210 Å². The maximum atomic E-state index is 6.47. The minimum Gasteiger partial charge on any atom is -0.115 e. The highest BCUT2D eigenvalue weighted by Crippen LogP contribution is 2.50. The minimum absolute atomic E-state index is 0.610. The van der Waals surface area contributed by atoms with Gasteiger partial charge < -0.3 is 0 Å². The molecule has 14 aromatic rings. The molecule has 0 aliphatic carbocycles. The predicted molar refractivity (Wildman–Crippen MR) is 406 cm³/mol. The molecule has 0 aliphatic rings. The van der Waals surface area contributed by atoms with E-state index in [1.165, 1.54) is 11.1 Å². The molecule has 0 N–H and O–H groups in total. The van der Waals surface area contributed by atoms with Gasteiger partial charge in [0, 0.05) is 44.5 Å². The summed E-state index contributed by atoms with van der Waals surface area (Å²) in [5.74, 6) is 23.3. The molecule has 0 amide bonds. The van der Waals surface area contributed by atoms with Crippen molar-refractivity contribution in [1.82, 2.24) is 0 Å². The Morgan fingerprint density at radius 3 is 0.958 bits per heavy atom. The van der Waals surface area contributed by atoms with E-state index >= 15 is 0 Å². The van der Waals surface area contributed by atoms with Gasteiger partial charge in [-0.3, -0.25) is 0 Å². The first-order valence-corrected chi connectivity index (χ1v) is 31.4. The zero-order valence-electron chi connectivity index (χ0n) is 52.9. The fourth-order valence-electron chi connectivity index (χ4n) is 14.1. The summed E-state index contributed by atoms with van der Waals surface area (Å²) in [6.45, 7) is 4.31. The van der Waals surface area contributed by atoms with Crippen LogP contribution < -0.4 is 0 Å². The van der Waals surface area contributed by atoms with E-state index in [1.54, 1.807) is 0 Å². The van der Waals surface area contributed by atoms with E-state index in [2.05, 4.69) is 255 Å². The van der Waals surface area contributed by atoms with Gasteiger partial charge in [-0.15, -0.1) is 51.4 Å². The molecule has 440 valence electrons. The molecule has 0 heteroatoms. The molecule has 0 aromatic heterocycles. The molecule has 0 radical (unpaired) electrons. The highest BCUT2D eigenvalue weighted by molar-refractivity contribution is 6.22. The SMILES string of the molecule is C#Cc1cccc(-c2cc(-c3ccc(-c4cccc(C)c4C)cc3-c3cccc(C#C)c3C#C)cc(-c3c4ccccc4c(-c4cc(-c5ccc(-c6cccc(C#C)c6C#C)cc5-c5cccc(C#C)c5C#C)cc(-c5cccc6ccccc56)c4)c4ccccc34)c2)c1C#C. The van der Waals surface area contributed by atoms with Crippen LogP contribution in [0.1, 0.15) is 55.6 Å². The van der Waals surface area contributed by atoms with Crippen molar-refractivity contribution in [3.05, 3.63) is 310 Å². The third-order valence-corrected chi connectivity index (χ3v) is 18.7. The molecule has 0 atom stereocenters. The average Bonchev–Trinajstić information content (AvgIpc) is 0.731. The molecule has 0 nitrogen and oxygen atoms in total. The smallest absolute Gasteiger partial charge is 0.0477 e. The van der Waals surface area contributed by atoms with Crippen LogP contribution in [0.25, 0.3) is 144 Å². The van der Waals surface area contributed by atoms with Gasteiger partial charge in [0.2, 0.25) is 0 Å². The van der Waals surface area contributed by atoms with Crippen LogP contribution in [0.4, 0.5) is 0 Å². The topological polar surface area (TPSA) is 0 Å². The van der Waals surface area contributed by atoms with Crippen molar-refractivity contribution in [1.29, 1.82) is 0 Å².